The van der Waals surface area contributed by atoms with Crippen molar-refractivity contribution in [2.45, 2.75) is 26.2 Å². The number of benzene rings is 1. The summed E-state index contributed by atoms with van der Waals surface area (Å²) in [7, 11) is 0. The van der Waals surface area contributed by atoms with Gasteiger partial charge in [0.05, 0.1) is 10.6 Å². The van der Waals surface area contributed by atoms with E-state index in [2.05, 4.69) is 20.4 Å². The van der Waals surface area contributed by atoms with E-state index in [1.807, 2.05) is 42.6 Å². The summed E-state index contributed by atoms with van der Waals surface area (Å²) >= 11 is 1.55. The maximum Gasteiger partial charge on any atom is 0.256 e. The van der Waals surface area contributed by atoms with E-state index in [1.165, 1.54) is 4.68 Å². The van der Waals surface area contributed by atoms with Crippen LogP contribution in [0.5, 0.6) is 0 Å². The first-order valence-corrected chi connectivity index (χ1v) is 10.6. The number of H-pyrrole nitrogens is 1. The molecule has 0 fully saturated rings. The molecule has 1 aliphatic carbocycles. The van der Waals surface area contributed by atoms with Crippen molar-refractivity contribution in [1.82, 2.24) is 19.7 Å². The largest absolute Gasteiger partial charge is 0.306 e. The molecule has 150 valence electrons. The first-order valence-electron chi connectivity index (χ1n) is 9.73. The molecule has 0 radical (unpaired) electrons. The van der Waals surface area contributed by atoms with Crippen LogP contribution in [0.15, 0.2) is 52.6 Å². The number of thiophene rings is 1. The molecule has 4 aromatic rings. The molecule has 0 bridgehead atoms. The summed E-state index contributed by atoms with van der Waals surface area (Å²) in [4.78, 5) is 33.8. The molecule has 1 aromatic carbocycles. The minimum absolute atomic E-state index is 0.142. The topological polar surface area (TPSA) is 92.7 Å². The zero-order valence-electron chi connectivity index (χ0n) is 16.3. The van der Waals surface area contributed by atoms with Crippen molar-refractivity contribution < 1.29 is 4.79 Å². The summed E-state index contributed by atoms with van der Waals surface area (Å²) in [5.41, 5.74) is 3.66. The van der Waals surface area contributed by atoms with E-state index in [-0.39, 0.29) is 11.5 Å². The van der Waals surface area contributed by atoms with Gasteiger partial charge in [-0.2, -0.15) is 9.78 Å². The zero-order valence-corrected chi connectivity index (χ0v) is 17.1. The number of carbonyl (C=O) groups is 1. The van der Waals surface area contributed by atoms with Crippen LogP contribution in [0.3, 0.4) is 0 Å². The number of aromatic nitrogens is 4. The minimum atomic E-state index is -0.249. The summed E-state index contributed by atoms with van der Waals surface area (Å²) in [6, 6.07) is 13.1. The number of hydrogen-bond donors (Lipinski definition) is 2. The van der Waals surface area contributed by atoms with Gasteiger partial charge >= 0.3 is 0 Å². The number of rotatable bonds is 4. The highest BCUT2D eigenvalue weighted by Gasteiger charge is 2.21. The van der Waals surface area contributed by atoms with Gasteiger partial charge in [0.15, 0.2) is 0 Å². The number of amides is 1. The quantitative estimate of drug-likeness (QED) is 0.529. The molecule has 0 saturated heterocycles. The van der Waals surface area contributed by atoms with Gasteiger partial charge in [-0.3, -0.25) is 14.6 Å². The highest BCUT2D eigenvalue weighted by Crippen LogP contribution is 2.28. The van der Waals surface area contributed by atoms with Gasteiger partial charge in [0.2, 0.25) is 5.95 Å². The molecule has 3 heterocycles. The highest BCUT2D eigenvalue weighted by atomic mass is 32.1. The number of aromatic amines is 1. The lowest BCUT2D eigenvalue weighted by Gasteiger charge is -2.09. The molecule has 7 nitrogen and oxygen atoms in total. The van der Waals surface area contributed by atoms with E-state index in [0.717, 1.165) is 41.0 Å². The summed E-state index contributed by atoms with van der Waals surface area (Å²) in [5, 5.41) is 9.53. The van der Waals surface area contributed by atoms with Crippen molar-refractivity contribution in [3.8, 4) is 16.5 Å². The Balaban J connectivity index is 1.59. The van der Waals surface area contributed by atoms with Crippen LogP contribution >= 0.6 is 11.3 Å². The Labute approximate surface area is 176 Å². The molecule has 1 aliphatic rings. The first-order chi connectivity index (χ1) is 14.6. The molecule has 0 saturated carbocycles. The van der Waals surface area contributed by atoms with Crippen molar-refractivity contribution >= 4 is 23.1 Å². The SMILES string of the molecule is Cc1cccc(C(=O)Nc2cc(-c3cccs3)nn2-c2nc3c(c(=O)[nH]2)CCC3)c1. The lowest BCUT2D eigenvalue weighted by atomic mass is 10.1. The lowest BCUT2D eigenvalue weighted by Crippen LogP contribution is -2.21. The van der Waals surface area contributed by atoms with Crippen LogP contribution in [0.2, 0.25) is 0 Å². The Kier molecular flexibility index (Phi) is 4.55. The summed E-state index contributed by atoms with van der Waals surface area (Å²) < 4.78 is 1.50. The van der Waals surface area contributed by atoms with Crippen LogP contribution < -0.4 is 10.9 Å². The van der Waals surface area contributed by atoms with Gasteiger partial charge in [-0.05, 0) is 49.8 Å². The van der Waals surface area contributed by atoms with Crippen molar-refractivity contribution in [1.29, 1.82) is 0 Å². The van der Waals surface area contributed by atoms with Crippen molar-refractivity contribution in [3.63, 3.8) is 0 Å². The number of fused-ring (bicyclic) bond motifs is 1. The van der Waals surface area contributed by atoms with E-state index in [1.54, 1.807) is 23.5 Å². The predicted octanol–water partition coefficient (Wildman–Crippen LogP) is 3.73. The molecule has 2 N–H and O–H groups in total. The fourth-order valence-corrected chi connectivity index (χ4v) is 4.36. The first kappa shape index (κ1) is 18.5. The van der Waals surface area contributed by atoms with Crippen LogP contribution in [0, 0.1) is 6.92 Å². The molecule has 0 spiro atoms. The number of hydrogen-bond acceptors (Lipinski definition) is 5. The predicted molar refractivity (Wildman–Crippen MR) is 116 cm³/mol. The molecule has 8 heteroatoms. The number of carbonyl (C=O) groups excluding carboxylic acids is 1. The smallest absolute Gasteiger partial charge is 0.256 e. The Bertz CT molecular complexity index is 1300. The molecule has 3 aromatic heterocycles. The third-order valence-electron chi connectivity index (χ3n) is 5.13. The standard InChI is InChI=1S/C22H19N5O2S/c1-13-5-2-6-14(11-13)20(28)24-19-12-17(18-9-4-10-30-18)26-27(19)22-23-16-8-3-7-15(16)21(29)25-22/h2,4-6,9-12H,3,7-8H2,1H3,(H,24,28)(H,23,25,29). The minimum Gasteiger partial charge on any atom is -0.306 e. The molecular formula is C22H19N5O2S. The molecule has 0 atom stereocenters. The molecule has 1 amide bonds. The fraction of sp³-hybridized carbons (Fsp3) is 0.182. The third-order valence-corrected chi connectivity index (χ3v) is 6.03. The molecule has 30 heavy (non-hydrogen) atoms. The zero-order chi connectivity index (χ0) is 20.7. The van der Waals surface area contributed by atoms with E-state index in [0.29, 0.717) is 23.0 Å². The van der Waals surface area contributed by atoms with Crippen LogP contribution in [0.25, 0.3) is 16.5 Å². The van der Waals surface area contributed by atoms with Crippen LogP contribution in [0.1, 0.15) is 33.6 Å². The third kappa shape index (κ3) is 3.35. The summed E-state index contributed by atoms with van der Waals surface area (Å²) in [6.45, 7) is 1.94. The number of nitrogens with zero attached hydrogens (tertiary/aromatic N) is 3. The van der Waals surface area contributed by atoms with E-state index >= 15 is 0 Å². The van der Waals surface area contributed by atoms with Crippen LogP contribution in [-0.2, 0) is 12.8 Å². The lowest BCUT2D eigenvalue weighted by molar-refractivity contribution is 0.102. The average Bonchev–Trinajstić information content (AvgIpc) is 3.48. The molecule has 5 rings (SSSR count). The van der Waals surface area contributed by atoms with Crippen LogP contribution in [0.4, 0.5) is 5.82 Å². The van der Waals surface area contributed by atoms with E-state index < -0.39 is 0 Å². The van der Waals surface area contributed by atoms with Gasteiger partial charge in [0, 0.05) is 17.2 Å². The van der Waals surface area contributed by atoms with Crippen molar-refractivity contribution in [2.75, 3.05) is 5.32 Å². The highest BCUT2D eigenvalue weighted by molar-refractivity contribution is 7.13. The fourth-order valence-electron chi connectivity index (χ4n) is 3.68. The Morgan fingerprint density at radius 2 is 2.10 bits per heavy atom. The van der Waals surface area contributed by atoms with Gasteiger partial charge in [-0.15, -0.1) is 11.3 Å². The number of nitrogens with one attached hydrogen (secondary N) is 2. The van der Waals surface area contributed by atoms with Crippen LogP contribution in [-0.4, -0.2) is 25.7 Å². The average molecular weight is 417 g/mol. The maximum atomic E-state index is 12.9. The monoisotopic (exact) mass is 417 g/mol. The van der Waals surface area contributed by atoms with Gasteiger partial charge < -0.3 is 5.32 Å². The Morgan fingerprint density at radius 3 is 2.90 bits per heavy atom. The Morgan fingerprint density at radius 1 is 1.20 bits per heavy atom. The molecular weight excluding hydrogens is 398 g/mol. The summed E-state index contributed by atoms with van der Waals surface area (Å²) in [6.07, 6.45) is 2.44. The van der Waals surface area contributed by atoms with Gasteiger partial charge in [-0.1, -0.05) is 23.8 Å². The van der Waals surface area contributed by atoms with Gasteiger partial charge in [0.25, 0.3) is 11.5 Å². The molecule has 0 aliphatic heterocycles. The van der Waals surface area contributed by atoms with E-state index in [9.17, 15) is 9.59 Å². The van der Waals surface area contributed by atoms with Crippen molar-refractivity contribution in [3.05, 3.63) is 80.6 Å². The van der Waals surface area contributed by atoms with Gasteiger partial charge in [0.1, 0.15) is 11.5 Å². The summed E-state index contributed by atoms with van der Waals surface area (Å²) in [5.74, 6) is 0.509. The Hall–Kier alpha value is -3.52. The van der Waals surface area contributed by atoms with E-state index in [4.69, 9.17) is 0 Å². The normalized spacial score (nSPS) is 12.7. The molecule has 0 unspecified atom stereocenters. The van der Waals surface area contributed by atoms with Crippen molar-refractivity contribution in [2.24, 2.45) is 0 Å². The second-order valence-corrected chi connectivity index (χ2v) is 8.24. The maximum absolute atomic E-state index is 12.9. The second kappa shape index (κ2) is 7.38. The number of anilines is 1. The number of aryl methyl sites for hydroxylation is 2. The second-order valence-electron chi connectivity index (χ2n) is 7.30. The van der Waals surface area contributed by atoms with Gasteiger partial charge in [-0.25, -0.2) is 4.98 Å².